The lowest BCUT2D eigenvalue weighted by atomic mass is 9.45. The van der Waals surface area contributed by atoms with Crippen LogP contribution in [0.1, 0.15) is 105 Å². The number of hydrogen-bond donors (Lipinski definition) is 2. The van der Waals surface area contributed by atoms with Crippen LogP contribution in [-0.4, -0.2) is 99.7 Å². The van der Waals surface area contributed by atoms with Crippen molar-refractivity contribution in [1.82, 2.24) is 5.32 Å². The van der Waals surface area contributed by atoms with Crippen molar-refractivity contribution < 1.29 is 67.9 Å². The van der Waals surface area contributed by atoms with Gasteiger partial charge in [0.15, 0.2) is 18.0 Å². The number of carbonyl (C=O) groups is 6. The van der Waals surface area contributed by atoms with Crippen molar-refractivity contribution in [1.29, 1.82) is 0 Å². The zero-order valence-electron chi connectivity index (χ0n) is 33.8. The number of rotatable bonds is 22. The fourth-order valence-electron chi connectivity index (χ4n) is 9.91. The minimum Gasteiger partial charge on any atom is -0.464 e. The van der Waals surface area contributed by atoms with Gasteiger partial charge in [-0.05, 0) is 75.4 Å². The number of halogens is 1. The van der Waals surface area contributed by atoms with Crippen molar-refractivity contribution >= 4 is 47.0 Å². The number of aliphatic hydroxyl groups is 1. The molecule has 3 saturated carbocycles. The van der Waals surface area contributed by atoms with E-state index in [0.717, 1.165) is 5.57 Å². The molecule has 0 aromatic heterocycles. The topological polar surface area (TPSA) is 267 Å². The van der Waals surface area contributed by atoms with Crippen molar-refractivity contribution in [2.45, 2.75) is 127 Å². The van der Waals surface area contributed by atoms with E-state index in [1.165, 1.54) is 6.08 Å². The van der Waals surface area contributed by atoms with E-state index in [1.807, 2.05) is 6.92 Å². The van der Waals surface area contributed by atoms with Crippen molar-refractivity contribution in [3.05, 3.63) is 44.0 Å². The smallest absolute Gasteiger partial charge is 0.329 e. The number of ketones is 2. The number of aliphatic hydroxyl groups excluding tert-OH is 1. The number of nitrogens with one attached hydrogen (secondary N) is 1. The summed E-state index contributed by atoms with van der Waals surface area (Å²) < 4.78 is 16.8. The quantitative estimate of drug-likeness (QED) is 0.0391. The monoisotopic (exact) mass is 855 g/mol. The molecule has 1 unspecified atom stereocenters. The second-order valence-corrected chi connectivity index (χ2v) is 16.8. The van der Waals surface area contributed by atoms with E-state index < -0.39 is 92.2 Å². The molecule has 0 bridgehead atoms. The minimum absolute atomic E-state index is 0.0514. The molecular formula is C39H54ClN3O16. The van der Waals surface area contributed by atoms with Crippen LogP contribution >= 0.6 is 11.6 Å². The third-order valence-corrected chi connectivity index (χ3v) is 13.7. The highest BCUT2D eigenvalue weighted by atomic mass is 35.5. The largest absolute Gasteiger partial charge is 0.464 e. The predicted octanol–water partition coefficient (Wildman–Crippen LogP) is 3.85. The Bertz CT molecular complexity index is 1720. The number of hydrogen-bond acceptors (Lipinski definition) is 16. The van der Waals surface area contributed by atoms with Crippen molar-refractivity contribution in [2.24, 2.45) is 28.6 Å². The van der Waals surface area contributed by atoms with Crippen LogP contribution in [-0.2, 0) is 52.7 Å². The minimum atomic E-state index is -1.85. The Morgan fingerprint density at radius 1 is 0.966 bits per heavy atom. The van der Waals surface area contributed by atoms with Gasteiger partial charge in [0.1, 0.15) is 6.04 Å². The van der Waals surface area contributed by atoms with Gasteiger partial charge in [-0.1, -0.05) is 45.8 Å². The van der Waals surface area contributed by atoms with Crippen molar-refractivity contribution in [3.63, 3.8) is 0 Å². The second-order valence-electron chi connectivity index (χ2n) is 16.2. The molecule has 0 saturated heterocycles. The molecule has 0 spiro atoms. The number of ether oxygens (including phenoxy) is 3. The predicted molar refractivity (Wildman–Crippen MR) is 204 cm³/mol. The maximum atomic E-state index is 14.6. The molecule has 1 amide bonds. The summed E-state index contributed by atoms with van der Waals surface area (Å²) >= 11 is 7.57. The Morgan fingerprint density at radius 2 is 1.61 bits per heavy atom. The van der Waals surface area contributed by atoms with Crippen LogP contribution in [0.2, 0.25) is 0 Å². The van der Waals surface area contributed by atoms with Crippen LogP contribution in [0, 0.1) is 48.8 Å². The number of allylic oxidation sites excluding steroid dienone is 4. The standard InChI is InChI=1S/C39H54ClN3O16/c1-5-33(48)59-39(24(2)19-28-27-13-12-25-20-26(44)14-15-36(25,3)38(27,40)30(45)22-37(28,39)4)31(46)23-56-34(49)21-29(35(50)55-16-9-10-18-58-43(53)54)41-32(47)11-7-6-8-17-57-42(51)52/h14-15,20,24,27-30,45H,5-13,16-19,21-23H2,1-4H3,(H,41,47)/t24-,27-,28-,29?,30-,36-,37-,38-,39-/m0/s1. The second kappa shape index (κ2) is 19.6. The molecule has 2 N–H and O–H groups in total. The average Bonchev–Trinajstić information content (AvgIpc) is 3.38. The summed E-state index contributed by atoms with van der Waals surface area (Å²) in [6.45, 7) is 5.54. The molecule has 4 aliphatic rings. The summed E-state index contributed by atoms with van der Waals surface area (Å²) in [5, 5.41) is 33.3. The van der Waals surface area contributed by atoms with Gasteiger partial charge in [0.05, 0.1) is 37.2 Å². The van der Waals surface area contributed by atoms with Crippen LogP contribution in [0.5, 0.6) is 0 Å². The molecule has 0 heterocycles. The molecule has 9 atom stereocenters. The Hall–Kier alpha value is -4.65. The van der Waals surface area contributed by atoms with Crippen LogP contribution in [0.4, 0.5) is 0 Å². The van der Waals surface area contributed by atoms with Gasteiger partial charge in [-0.2, -0.15) is 0 Å². The highest BCUT2D eigenvalue weighted by Gasteiger charge is 2.76. The van der Waals surface area contributed by atoms with E-state index in [9.17, 15) is 54.1 Å². The van der Waals surface area contributed by atoms with Gasteiger partial charge >= 0.3 is 17.9 Å². The molecule has 4 rings (SSSR count). The lowest BCUT2D eigenvalue weighted by Crippen LogP contribution is -2.69. The summed E-state index contributed by atoms with van der Waals surface area (Å²) in [5.74, 6) is -5.61. The number of nitrogens with zero attached hydrogens (tertiary/aromatic N) is 2. The van der Waals surface area contributed by atoms with Crippen LogP contribution < -0.4 is 5.32 Å². The Labute approximate surface area is 346 Å². The SMILES string of the molecule is CCC(=O)O[C@]1(C(=O)COC(=O)CC(NC(=O)CCCCCO[N+](=O)[O-])C(=O)OCCCCO[N+](=O)[O-])[C@@H](C)C[C@H]2[C@@H]3CCC4=CC(=O)C=C[C@]4(C)[C@@]3(Cl)[C@@H](O)C[C@@]21C. The summed E-state index contributed by atoms with van der Waals surface area (Å²) in [6, 6.07) is -1.56. The molecule has 328 valence electrons. The molecule has 0 radical (unpaired) electrons. The highest BCUT2D eigenvalue weighted by molar-refractivity contribution is 6.26. The normalized spacial score (nSPS) is 30.9. The van der Waals surface area contributed by atoms with Crippen molar-refractivity contribution in [2.75, 3.05) is 26.4 Å². The average molecular weight is 856 g/mol. The summed E-state index contributed by atoms with van der Waals surface area (Å²) in [5.41, 5.74) is -3.07. The lowest BCUT2D eigenvalue weighted by molar-refractivity contribution is -0.757. The first kappa shape index (κ1) is 47.0. The number of amides is 1. The Morgan fingerprint density at radius 3 is 2.25 bits per heavy atom. The van der Waals surface area contributed by atoms with E-state index >= 15 is 0 Å². The van der Waals surface area contributed by atoms with Gasteiger partial charge in [0.25, 0.3) is 10.2 Å². The fraction of sp³-hybridized carbons (Fsp3) is 0.744. The molecule has 3 fully saturated rings. The molecular weight excluding hydrogens is 802 g/mol. The van der Waals surface area contributed by atoms with E-state index in [1.54, 1.807) is 32.9 Å². The molecule has 0 aliphatic heterocycles. The van der Waals surface area contributed by atoms with E-state index in [0.29, 0.717) is 25.7 Å². The number of esters is 3. The molecule has 59 heavy (non-hydrogen) atoms. The maximum Gasteiger partial charge on any atom is 0.329 e. The molecule has 19 nitrogen and oxygen atoms in total. The number of carbonyl (C=O) groups excluding carboxylic acids is 6. The van der Waals surface area contributed by atoms with Gasteiger partial charge in [-0.15, -0.1) is 31.8 Å². The summed E-state index contributed by atoms with van der Waals surface area (Å²) in [7, 11) is 0. The lowest BCUT2D eigenvalue weighted by Gasteiger charge is -2.64. The zero-order chi connectivity index (χ0) is 43.8. The number of fused-ring (bicyclic) bond motifs is 5. The van der Waals surface area contributed by atoms with Crippen LogP contribution in [0.3, 0.4) is 0 Å². The number of unbranched alkanes of at least 4 members (excludes halogenated alkanes) is 3. The van der Waals surface area contributed by atoms with Gasteiger partial charge in [-0.3, -0.25) is 24.0 Å². The van der Waals surface area contributed by atoms with Gasteiger partial charge < -0.3 is 34.3 Å². The van der Waals surface area contributed by atoms with Gasteiger partial charge in [0.2, 0.25) is 11.7 Å². The van der Waals surface area contributed by atoms with Crippen LogP contribution in [0.15, 0.2) is 23.8 Å². The van der Waals surface area contributed by atoms with Gasteiger partial charge in [-0.25, -0.2) is 4.79 Å². The molecule has 0 aromatic carbocycles. The fourth-order valence-corrected chi connectivity index (χ4v) is 10.4. The summed E-state index contributed by atoms with van der Waals surface area (Å²) in [4.78, 5) is 107. The number of Topliss-reactive ketones (excluding diaryl/α,β-unsaturated/α-hetero) is 1. The van der Waals surface area contributed by atoms with E-state index in [4.69, 9.17) is 25.8 Å². The summed E-state index contributed by atoms with van der Waals surface area (Å²) in [6.07, 6.45) is 5.26. The first-order chi connectivity index (χ1) is 27.8. The van der Waals surface area contributed by atoms with Crippen molar-refractivity contribution in [3.8, 4) is 0 Å². The third-order valence-electron chi connectivity index (χ3n) is 12.7. The first-order valence-corrected chi connectivity index (χ1v) is 20.4. The third kappa shape index (κ3) is 9.88. The molecule has 20 heteroatoms. The Kier molecular flexibility index (Phi) is 15.6. The molecule has 4 aliphatic carbocycles. The molecule has 0 aromatic rings. The van der Waals surface area contributed by atoms with Crippen LogP contribution in [0.25, 0.3) is 0 Å². The Balaban J connectivity index is 1.50. The number of alkyl halides is 1. The maximum absolute atomic E-state index is 14.6. The van der Waals surface area contributed by atoms with E-state index in [2.05, 4.69) is 15.0 Å². The first-order valence-electron chi connectivity index (χ1n) is 20.0. The highest BCUT2D eigenvalue weighted by Crippen LogP contribution is 2.72. The van der Waals surface area contributed by atoms with E-state index in [-0.39, 0.29) is 82.4 Å². The zero-order valence-corrected chi connectivity index (χ0v) is 34.5. The van der Waals surface area contributed by atoms with Gasteiger partial charge in [0, 0.05) is 29.6 Å².